The molecule has 0 amide bonds. The third-order valence-electron chi connectivity index (χ3n) is 4.63. The molecule has 1 fully saturated rings. The highest BCUT2D eigenvalue weighted by Gasteiger charge is 2.26. The first-order valence-corrected chi connectivity index (χ1v) is 8.12. The zero-order valence-corrected chi connectivity index (χ0v) is 13.6. The number of aliphatic hydroxyl groups excluding tert-OH is 1. The van der Waals surface area contributed by atoms with Crippen LogP contribution in [0, 0.1) is 17.2 Å². The van der Waals surface area contributed by atoms with Crippen LogP contribution in [0.25, 0.3) is 16.6 Å². The number of H-pyrrole nitrogens is 1. The van der Waals surface area contributed by atoms with Crippen molar-refractivity contribution in [3.05, 3.63) is 35.8 Å². The minimum Gasteiger partial charge on any atom is -0.509 e. The molecule has 1 saturated heterocycles. The van der Waals surface area contributed by atoms with Crippen LogP contribution in [-0.4, -0.2) is 39.1 Å². The highest BCUT2D eigenvalue weighted by Crippen LogP contribution is 2.25. The Labute approximate surface area is 136 Å². The fourth-order valence-electron chi connectivity index (χ4n) is 3.26. The molecule has 0 spiro atoms. The molecule has 1 aromatic heterocycles. The quantitative estimate of drug-likeness (QED) is 0.672. The smallest absolute Gasteiger partial charge is 0.152 e. The maximum absolute atomic E-state index is 10.7. The maximum atomic E-state index is 10.7. The van der Waals surface area contributed by atoms with Crippen LogP contribution in [0.1, 0.15) is 32.5 Å². The van der Waals surface area contributed by atoms with Crippen LogP contribution in [-0.2, 0) is 0 Å². The van der Waals surface area contributed by atoms with Gasteiger partial charge < -0.3 is 10.1 Å². The summed E-state index contributed by atoms with van der Waals surface area (Å²) in [6.07, 6.45) is 2.35. The minimum atomic E-state index is -0.180. The number of imidazole rings is 1. The van der Waals surface area contributed by atoms with Crippen molar-refractivity contribution >= 4 is 16.6 Å². The van der Waals surface area contributed by atoms with E-state index in [4.69, 9.17) is 0 Å². The Morgan fingerprint density at radius 3 is 2.96 bits per heavy atom. The van der Waals surface area contributed by atoms with Gasteiger partial charge in [-0.25, -0.2) is 4.98 Å². The summed E-state index contributed by atoms with van der Waals surface area (Å²) in [4.78, 5) is 9.80. The molecule has 2 heterocycles. The molecule has 0 bridgehead atoms. The molecule has 1 aromatic carbocycles. The zero-order valence-electron chi connectivity index (χ0n) is 13.6. The summed E-state index contributed by atoms with van der Waals surface area (Å²) < 4.78 is 0. The number of para-hydroxylation sites is 2. The third-order valence-corrected chi connectivity index (χ3v) is 4.63. The van der Waals surface area contributed by atoms with Crippen molar-refractivity contribution in [2.24, 2.45) is 5.92 Å². The lowest BCUT2D eigenvalue weighted by Gasteiger charge is -2.35. The van der Waals surface area contributed by atoms with Crippen LogP contribution in [0.4, 0.5) is 0 Å². The summed E-state index contributed by atoms with van der Waals surface area (Å²) >= 11 is 0. The van der Waals surface area contributed by atoms with E-state index in [9.17, 15) is 10.4 Å². The number of nitrogens with one attached hydrogen (secondary N) is 1. The van der Waals surface area contributed by atoms with Crippen molar-refractivity contribution in [1.82, 2.24) is 14.9 Å². The number of allylic oxidation sites excluding steroid dienone is 1. The molecule has 120 valence electrons. The van der Waals surface area contributed by atoms with Crippen LogP contribution in [0.2, 0.25) is 0 Å². The fraction of sp³-hybridized carbons (Fsp3) is 0.444. The Kier molecular flexibility index (Phi) is 4.35. The van der Waals surface area contributed by atoms with Crippen molar-refractivity contribution in [2.45, 2.75) is 32.7 Å². The van der Waals surface area contributed by atoms with Gasteiger partial charge in [0.15, 0.2) is 5.82 Å². The number of fused-ring (bicyclic) bond motifs is 1. The van der Waals surface area contributed by atoms with Gasteiger partial charge >= 0.3 is 0 Å². The van der Waals surface area contributed by atoms with Crippen molar-refractivity contribution in [3.63, 3.8) is 0 Å². The van der Waals surface area contributed by atoms with Crippen molar-refractivity contribution in [1.29, 1.82) is 5.26 Å². The van der Waals surface area contributed by atoms with E-state index in [0.29, 0.717) is 11.7 Å². The first-order chi connectivity index (χ1) is 11.1. The number of aromatic nitrogens is 2. The van der Waals surface area contributed by atoms with E-state index in [0.717, 1.165) is 30.5 Å². The van der Waals surface area contributed by atoms with Crippen molar-refractivity contribution in [3.8, 4) is 6.07 Å². The van der Waals surface area contributed by atoms with Gasteiger partial charge in [0.05, 0.1) is 17.1 Å². The van der Waals surface area contributed by atoms with Gasteiger partial charge in [-0.05, 0) is 44.4 Å². The molecule has 3 rings (SSSR count). The molecule has 2 aromatic rings. The molecule has 2 atom stereocenters. The van der Waals surface area contributed by atoms with E-state index in [2.05, 4.69) is 27.9 Å². The monoisotopic (exact) mass is 310 g/mol. The lowest BCUT2D eigenvalue weighted by molar-refractivity contribution is 0.130. The maximum Gasteiger partial charge on any atom is 0.152 e. The van der Waals surface area contributed by atoms with Crippen molar-refractivity contribution in [2.75, 3.05) is 13.1 Å². The summed E-state index contributed by atoms with van der Waals surface area (Å²) in [7, 11) is 0. The van der Waals surface area contributed by atoms with E-state index in [1.54, 1.807) is 0 Å². The van der Waals surface area contributed by atoms with E-state index in [1.807, 2.05) is 31.2 Å². The van der Waals surface area contributed by atoms with E-state index in [1.165, 1.54) is 6.42 Å². The topological polar surface area (TPSA) is 75.9 Å². The average molecular weight is 310 g/mol. The van der Waals surface area contributed by atoms with Crippen LogP contribution in [0.15, 0.2) is 30.0 Å². The SMILES string of the molecule is C[C@H]1CCCN([C@@H](C)/C(O)=C(\C#N)c2nc3ccccc3[nH]2)C1. The number of nitriles is 1. The second-order valence-corrected chi connectivity index (χ2v) is 6.39. The van der Waals surface area contributed by atoms with Crippen LogP contribution in [0.5, 0.6) is 0 Å². The third kappa shape index (κ3) is 3.08. The molecule has 0 aliphatic carbocycles. The Hall–Kier alpha value is -2.32. The van der Waals surface area contributed by atoms with Gasteiger partial charge in [-0.2, -0.15) is 5.26 Å². The molecule has 2 N–H and O–H groups in total. The van der Waals surface area contributed by atoms with Gasteiger partial charge in [0.1, 0.15) is 17.4 Å². The Balaban J connectivity index is 1.93. The van der Waals surface area contributed by atoms with Crippen LogP contribution < -0.4 is 0 Å². The van der Waals surface area contributed by atoms with Gasteiger partial charge in [-0.3, -0.25) is 4.90 Å². The van der Waals surface area contributed by atoms with Crippen LogP contribution >= 0.6 is 0 Å². The number of piperidine rings is 1. The Bertz CT molecular complexity index is 738. The first-order valence-electron chi connectivity index (χ1n) is 8.12. The summed E-state index contributed by atoms with van der Waals surface area (Å²) in [5.41, 5.74) is 1.89. The predicted octanol–water partition coefficient (Wildman–Crippen LogP) is 3.48. The normalized spacial score (nSPS) is 21.7. The number of likely N-dealkylation sites (tertiary alicyclic amines) is 1. The molecule has 0 saturated carbocycles. The fourth-order valence-corrected chi connectivity index (χ4v) is 3.26. The number of aromatic amines is 1. The molecular weight excluding hydrogens is 288 g/mol. The Morgan fingerprint density at radius 1 is 1.48 bits per heavy atom. The lowest BCUT2D eigenvalue weighted by atomic mass is 9.98. The molecule has 5 nitrogen and oxygen atoms in total. The second-order valence-electron chi connectivity index (χ2n) is 6.39. The summed E-state index contributed by atoms with van der Waals surface area (Å²) in [6.45, 7) is 6.08. The summed E-state index contributed by atoms with van der Waals surface area (Å²) in [5, 5.41) is 20.2. The number of aliphatic hydroxyl groups is 1. The first kappa shape index (κ1) is 15.6. The number of rotatable bonds is 3. The number of hydrogen-bond donors (Lipinski definition) is 2. The largest absolute Gasteiger partial charge is 0.509 e. The minimum absolute atomic E-state index is 0.0978. The molecule has 5 heteroatoms. The standard InChI is InChI=1S/C18H22N4O/c1-12-6-5-9-22(11-12)13(2)17(23)14(10-19)18-20-15-7-3-4-8-16(15)21-18/h3-4,7-8,12-13,23H,5-6,9,11H2,1-2H3,(H,20,21)/b17-14-/t12-,13-/m0/s1. The average Bonchev–Trinajstić information content (AvgIpc) is 2.98. The van der Waals surface area contributed by atoms with E-state index in [-0.39, 0.29) is 17.4 Å². The zero-order chi connectivity index (χ0) is 16.4. The van der Waals surface area contributed by atoms with Gasteiger partial charge in [0, 0.05) is 6.54 Å². The summed E-state index contributed by atoms with van der Waals surface area (Å²) in [6, 6.07) is 9.55. The molecular formula is C18H22N4O. The van der Waals surface area contributed by atoms with E-state index < -0.39 is 0 Å². The highest BCUT2D eigenvalue weighted by atomic mass is 16.3. The van der Waals surface area contributed by atoms with Gasteiger partial charge in [0.2, 0.25) is 0 Å². The molecule has 1 aliphatic heterocycles. The van der Waals surface area contributed by atoms with Gasteiger partial charge in [-0.1, -0.05) is 19.1 Å². The summed E-state index contributed by atoms with van der Waals surface area (Å²) in [5.74, 6) is 1.15. The van der Waals surface area contributed by atoms with Crippen molar-refractivity contribution < 1.29 is 5.11 Å². The highest BCUT2D eigenvalue weighted by molar-refractivity contribution is 5.82. The number of nitrogens with zero attached hydrogens (tertiary/aromatic N) is 3. The number of hydrogen-bond acceptors (Lipinski definition) is 4. The molecule has 0 radical (unpaired) electrons. The number of benzene rings is 1. The van der Waals surface area contributed by atoms with Gasteiger partial charge in [-0.15, -0.1) is 0 Å². The molecule has 1 aliphatic rings. The second kappa shape index (κ2) is 6.43. The Morgan fingerprint density at radius 2 is 2.26 bits per heavy atom. The van der Waals surface area contributed by atoms with Gasteiger partial charge in [0.25, 0.3) is 0 Å². The lowest BCUT2D eigenvalue weighted by Crippen LogP contribution is -2.41. The molecule has 23 heavy (non-hydrogen) atoms. The van der Waals surface area contributed by atoms with E-state index >= 15 is 0 Å². The predicted molar refractivity (Wildman–Crippen MR) is 90.7 cm³/mol. The molecule has 0 unspecified atom stereocenters. The van der Waals surface area contributed by atoms with Crippen LogP contribution in [0.3, 0.4) is 0 Å².